The van der Waals surface area contributed by atoms with Gasteiger partial charge in [-0.2, -0.15) is 0 Å². The van der Waals surface area contributed by atoms with Gasteiger partial charge < -0.3 is 5.32 Å². The minimum Gasteiger partial charge on any atom is -0.300 e. The van der Waals surface area contributed by atoms with E-state index in [2.05, 4.69) is 20.5 Å². The molecule has 1 fully saturated rings. The van der Waals surface area contributed by atoms with Crippen LogP contribution in [0.25, 0.3) is 0 Å². The van der Waals surface area contributed by atoms with Gasteiger partial charge >= 0.3 is 0 Å². The highest BCUT2D eigenvalue weighted by molar-refractivity contribution is 7.15. The maximum absolute atomic E-state index is 11.9. The van der Waals surface area contributed by atoms with Gasteiger partial charge in [-0.15, -0.1) is 21.5 Å². The first-order valence-corrected chi connectivity index (χ1v) is 8.16. The number of carbonyl (C=O) groups excluding carboxylic acids is 2. The Morgan fingerprint density at radius 2 is 2.33 bits per heavy atom. The van der Waals surface area contributed by atoms with Crippen molar-refractivity contribution in [3.05, 3.63) is 16.1 Å². The SMILES string of the molecule is Cc1nnc(NC(=O)Cc2csc(N3CCCC3=O)n2)s1. The molecule has 0 bridgehead atoms. The number of anilines is 2. The fourth-order valence-electron chi connectivity index (χ4n) is 2.03. The molecule has 1 aliphatic heterocycles. The van der Waals surface area contributed by atoms with Crippen LogP contribution in [0.3, 0.4) is 0 Å². The standard InChI is InChI=1S/C12H13N5O2S2/c1-7-15-16-11(21-7)14-9(18)5-8-6-20-12(13-8)17-4-2-3-10(17)19/h6H,2-5H2,1H3,(H,14,16,18). The van der Waals surface area contributed by atoms with E-state index in [-0.39, 0.29) is 18.2 Å². The lowest BCUT2D eigenvalue weighted by Crippen LogP contribution is -2.23. The zero-order valence-corrected chi connectivity index (χ0v) is 13.0. The van der Waals surface area contributed by atoms with Crippen LogP contribution in [0.5, 0.6) is 0 Å². The summed E-state index contributed by atoms with van der Waals surface area (Å²) in [5, 5.41) is 14.1. The fraction of sp³-hybridized carbons (Fsp3) is 0.417. The van der Waals surface area contributed by atoms with Crippen molar-refractivity contribution in [3.63, 3.8) is 0 Å². The number of rotatable bonds is 4. The van der Waals surface area contributed by atoms with E-state index in [0.29, 0.717) is 28.9 Å². The van der Waals surface area contributed by atoms with Gasteiger partial charge in [0.2, 0.25) is 16.9 Å². The predicted octanol–water partition coefficient (Wildman–Crippen LogP) is 1.61. The highest BCUT2D eigenvalue weighted by atomic mass is 32.1. The summed E-state index contributed by atoms with van der Waals surface area (Å²) in [4.78, 5) is 29.6. The minimum absolute atomic E-state index is 0.102. The van der Waals surface area contributed by atoms with Crippen molar-refractivity contribution in [2.75, 3.05) is 16.8 Å². The number of nitrogens with one attached hydrogen (secondary N) is 1. The second-order valence-corrected chi connectivity index (χ2v) is 6.64. The lowest BCUT2D eigenvalue weighted by molar-refractivity contribution is -0.117. The molecule has 0 saturated carbocycles. The van der Waals surface area contributed by atoms with Gasteiger partial charge in [0.05, 0.1) is 12.1 Å². The Kier molecular flexibility index (Phi) is 3.93. The maximum Gasteiger partial charge on any atom is 0.232 e. The van der Waals surface area contributed by atoms with Crippen molar-refractivity contribution in [1.82, 2.24) is 15.2 Å². The molecule has 0 spiro atoms. The van der Waals surface area contributed by atoms with Gasteiger partial charge in [0.25, 0.3) is 0 Å². The van der Waals surface area contributed by atoms with Crippen LogP contribution < -0.4 is 10.2 Å². The molecule has 3 heterocycles. The molecule has 0 unspecified atom stereocenters. The van der Waals surface area contributed by atoms with Gasteiger partial charge in [-0.3, -0.25) is 14.5 Å². The van der Waals surface area contributed by atoms with Gasteiger partial charge in [0, 0.05) is 18.3 Å². The van der Waals surface area contributed by atoms with Crippen LogP contribution in [0, 0.1) is 6.92 Å². The third-order valence-corrected chi connectivity index (χ3v) is 4.62. The van der Waals surface area contributed by atoms with Crippen molar-refractivity contribution in [1.29, 1.82) is 0 Å². The second kappa shape index (κ2) is 5.86. The minimum atomic E-state index is -0.184. The average Bonchev–Trinajstić information content (AvgIpc) is 3.12. The Hall–Kier alpha value is -1.87. The molecular weight excluding hydrogens is 310 g/mol. The quantitative estimate of drug-likeness (QED) is 0.923. The fourth-order valence-corrected chi connectivity index (χ4v) is 3.50. The molecule has 0 aromatic carbocycles. The highest BCUT2D eigenvalue weighted by Crippen LogP contribution is 2.25. The van der Waals surface area contributed by atoms with Crippen LogP contribution in [-0.2, 0) is 16.0 Å². The summed E-state index contributed by atoms with van der Waals surface area (Å²) in [6.07, 6.45) is 1.60. The van der Waals surface area contributed by atoms with Gasteiger partial charge in [-0.05, 0) is 13.3 Å². The molecule has 0 atom stereocenters. The van der Waals surface area contributed by atoms with E-state index in [1.165, 1.54) is 22.7 Å². The largest absolute Gasteiger partial charge is 0.300 e. The molecule has 2 aromatic heterocycles. The van der Waals surface area contributed by atoms with E-state index in [1.54, 1.807) is 4.90 Å². The number of thiazole rings is 1. The second-order valence-electron chi connectivity index (χ2n) is 4.62. The molecule has 1 N–H and O–H groups in total. The van der Waals surface area contributed by atoms with Crippen LogP contribution >= 0.6 is 22.7 Å². The first kappa shape index (κ1) is 14.1. The maximum atomic E-state index is 11.9. The summed E-state index contributed by atoms with van der Waals surface area (Å²) in [5.41, 5.74) is 0.661. The van der Waals surface area contributed by atoms with E-state index >= 15 is 0 Å². The Morgan fingerprint density at radius 3 is 3.00 bits per heavy atom. The molecule has 0 aliphatic carbocycles. The zero-order valence-electron chi connectivity index (χ0n) is 11.3. The van der Waals surface area contributed by atoms with Gasteiger partial charge in [-0.25, -0.2) is 4.98 Å². The van der Waals surface area contributed by atoms with E-state index in [1.807, 2.05) is 12.3 Å². The normalized spacial score (nSPS) is 14.7. The summed E-state index contributed by atoms with van der Waals surface area (Å²) in [5.74, 6) is -0.0829. The summed E-state index contributed by atoms with van der Waals surface area (Å²) in [7, 11) is 0. The third-order valence-electron chi connectivity index (χ3n) is 2.96. The van der Waals surface area contributed by atoms with Gasteiger partial charge in [0.15, 0.2) is 5.13 Å². The molecule has 3 rings (SSSR count). The lowest BCUT2D eigenvalue weighted by atomic mass is 10.3. The van der Waals surface area contributed by atoms with Crippen molar-refractivity contribution in [2.45, 2.75) is 26.2 Å². The zero-order chi connectivity index (χ0) is 14.8. The molecule has 2 aromatic rings. The van der Waals surface area contributed by atoms with Crippen molar-refractivity contribution >= 4 is 44.8 Å². The van der Waals surface area contributed by atoms with Crippen LogP contribution in [0.15, 0.2) is 5.38 Å². The summed E-state index contributed by atoms with van der Waals surface area (Å²) in [6, 6.07) is 0. The molecule has 1 saturated heterocycles. The van der Waals surface area contributed by atoms with Gasteiger partial charge in [-0.1, -0.05) is 11.3 Å². The third kappa shape index (κ3) is 3.24. The molecule has 110 valence electrons. The number of nitrogens with zero attached hydrogens (tertiary/aromatic N) is 4. The molecule has 7 nitrogen and oxygen atoms in total. The molecule has 21 heavy (non-hydrogen) atoms. The number of aromatic nitrogens is 3. The number of aryl methyl sites for hydroxylation is 1. The number of carbonyl (C=O) groups is 2. The highest BCUT2D eigenvalue weighted by Gasteiger charge is 2.24. The smallest absolute Gasteiger partial charge is 0.232 e. The number of hydrogen-bond donors (Lipinski definition) is 1. The average molecular weight is 323 g/mol. The Labute approximate surface area is 129 Å². The van der Waals surface area contributed by atoms with Crippen LogP contribution in [0.2, 0.25) is 0 Å². The Balaban J connectivity index is 1.61. The lowest BCUT2D eigenvalue weighted by Gasteiger charge is -2.10. The topological polar surface area (TPSA) is 88.1 Å². The first-order valence-electron chi connectivity index (χ1n) is 6.46. The van der Waals surface area contributed by atoms with Crippen LogP contribution in [0.4, 0.5) is 10.3 Å². The van der Waals surface area contributed by atoms with E-state index in [4.69, 9.17) is 0 Å². The molecule has 2 amide bonds. The summed E-state index contributed by atoms with van der Waals surface area (Å²) >= 11 is 2.72. The Bertz CT molecular complexity index is 681. The number of hydrogen-bond acceptors (Lipinski definition) is 7. The van der Waals surface area contributed by atoms with Crippen LogP contribution in [-0.4, -0.2) is 33.5 Å². The molecule has 9 heteroatoms. The monoisotopic (exact) mass is 323 g/mol. The van der Waals surface area contributed by atoms with Crippen molar-refractivity contribution < 1.29 is 9.59 Å². The molecular formula is C12H13N5O2S2. The Morgan fingerprint density at radius 1 is 1.48 bits per heavy atom. The molecule has 0 radical (unpaired) electrons. The van der Waals surface area contributed by atoms with E-state index < -0.39 is 0 Å². The van der Waals surface area contributed by atoms with Crippen molar-refractivity contribution in [2.24, 2.45) is 0 Å². The summed E-state index contributed by atoms with van der Waals surface area (Å²) < 4.78 is 0. The number of amides is 2. The molecule has 1 aliphatic rings. The summed E-state index contributed by atoms with van der Waals surface area (Å²) in [6.45, 7) is 2.54. The first-order chi connectivity index (χ1) is 10.1. The van der Waals surface area contributed by atoms with Crippen LogP contribution in [0.1, 0.15) is 23.5 Å². The van der Waals surface area contributed by atoms with E-state index in [0.717, 1.165) is 11.4 Å². The predicted molar refractivity (Wildman–Crippen MR) is 80.7 cm³/mol. The van der Waals surface area contributed by atoms with Gasteiger partial charge in [0.1, 0.15) is 5.01 Å². The van der Waals surface area contributed by atoms with E-state index in [9.17, 15) is 9.59 Å². The van der Waals surface area contributed by atoms with Crippen molar-refractivity contribution in [3.8, 4) is 0 Å².